The van der Waals surface area contributed by atoms with Gasteiger partial charge in [-0.1, -0.05) is 60.7 Å². The van der Waals surface area contributed by atoms with Crippen molar-refractivity contribution in [3.05, 3.63) is 71.8 Å². The van der Waals surface area contributed by atoms with Crippen molar-refractivity contribution in [2.45, 2.75) is 88.6 Å². The van der Waals surface area contributed by atoms with Crippen LogP contribution >= 0.6 is 0 Å². The van der Waals surface area contributed by atoms with Crippen LogP contribution in [0.1, 0.15) is 58.1 Å². The second kappa shape index (κ2) is 9.20. The lowest BCUT2D eigenvalue weighted by atomic mass is 9.57. The lowest BCUT2D eigenvalue weighted by Gasteiger charge is -2.56. The third-order valence-electron chi connectivity index (χ3n) is 9.50. The minimum absolute atomic E-state index is 0.0119. The molecule has 1 saturated carbocycles. The van der Waals surface area contributed by atoms with E-state index in [2.05, 4.69) is 97.1 Å². The van der Waals surface area contributed by atoms with E-state index in [9.17, 15) is 9.59 Å². The predicted octanol–water partition coefficient (Wildman–Crippen LogP) is 3.66. The van der Waals surface area contributed by atoms with Crippen molar-refractivity contribution in [1.29, 1.82) is 0 Å². The Hall–Kier alpha value is -2.70. The van der Waals surface area contributed by atoms with Crippen LogP contribution in [-0.4, -0.2) is 52.0 Å². The van der Waals surface area contributed by atoms with E-state index in [0.717, 1.165) is 32.4 Å². The van der Waals surface area contributed by atoms with Gasteiger partial charge < -0.3 is 16.0 Å². The summed E-state index contributed by atoms with van der Waals surface area (Å²) in [6.45, 7) is 10.5. The van der Waals surface area contributed by atoms with E-state index in [4.69, 9.17) is 0 Å². The van der Waals surface area contributed by atoms with Crippen LogP contribution in [0.4, 0.5) is 0 Å². The van der Waals surface area contributed by atoms with E-state index in [1.807, 2.05) is 12.1 Å². The van der Waals surface area contributed by atoms with Gasteiger partial charge in [-0.15, -0.1) is 0 Å². The zero-order chi connectivity index (χ0) is 26.7. The number of carbonyl (C=O) groups excluding carboxylic acids is 2. The molecule has 1 aliphatic carbocycles. The van der Waals surface area contributed by atoms with Crippen molar-refractivity contribution in [1.82, 2.24) is 20.9 Å². The Kier molecular flexibility index (Phi) is 6.19. The van der Waals surface area contributed by atoms with Crippen LogP contribution in [0.2, 0.25) is 0 Å². The smallest absolute Gasteiger partial charge is 0.246 e. The number of hydrogen-bond acceptors (Lipinski definition) is 4. The molecule has 0 radical (unpaired) electrons. The van der Waals surface area contributed by atoms with Crippen LogP contribution in [0.5, 0.6) is 0 Å². The quantitative estimate of drug-likeness (QED) is 0.550. The van der Waals surface area contributed by atoms with Gasteiger partial charge in [0.2, 0.25) is 11.8 Å². The van der Waals surface area contributed by atoms with Gasteiger partial charge in [-0.2, -0.15) is 0 Å². The first-order valence-corrected chi connectivity index (χ1v) is 14.3. The zero-order valence-electron chi connectivity index (χ0n) is 23.2. The second-order valence-electron chi connectivity index (χ2n) is 13.6. The third kappa shape index (κ3) is 4.56. The van der Waals surface area contributed by atoms with Gasteiger partial charge in [-0.3, -0.25) is 14.5 Å². The van der Waals surface area contributed by atoms with Crippen molar-refractivity contribution in [3.8, 4) is 0 Å². The van der Waals surface area contributed by atoms with Crippen molar-refractivity contribution in [2.24, 2.45) is 17.8 Å². The normalized spacial score (nSPS) is 33.6. The second-order valence-corrected chi connectivity index (χ2v) is 13.6. The van der Waals surface area contributed by atoms with Crippen LogP contribution in [0.15, 0.2) is 60.7 Å². The predicted molar refractivity (Wildman–Crippen MR) is 149 cm³/mol. The van der Waals surface area contributed by atoms with Crippen molar-refractivity contribution in [2.75, 3.05) is 6.54 Å². The molecule has 38 heavy (non-hydrogen) atoms. The largest absolute Gasteiger partial charge is 0.351 e. The molecule has 7 rings (SSSR count). The van der Waals surface area contributed by atoms with E-state index >= 15 is 0 Å². The molecule has 5 fully saturated rings. The Bertz CT molecular complexity index is 1180. The summed E-state index contributed by atoms with van der Waals surface area (Å²) < 4.78 is 0. The number of hydrogen-bond donors (Lipinski definition) is 3. The zero-order valence-corrected chi connectivity index (χ0v) is 23.2. The van der Waals surface area contributed by atoms with Gasteiger partial charge in [-0.25, -0.2) is 0 Å². The van der Waals surface area contributed by atoms with Gasteiger partial charge in [0.05, 0.1) is 5.92 Å². The lowest BCUT2D eigenvalue weighted by Crippen LogP contribution is -2.77. The summed E-state index contributed by atoms with van der Waals surface area (Å²) in [6.07, 6.45) is 3.22. The molecule has 4 heterocycles. The summed E-state index contributed by atoms with van der Waals surface area (Å²) in [5, 5.41) is 10.5. The van der Waals surface area contributed by atoms with Crippen LogP contribution < -0.4 is 16.0 Å². The number of nitrogens with one attached hydrogen (secondary N) is 3. The van der Waals surface area contributed by atoms with E-state index in [1.54, 1.807) is 0 Å². The first-order valence-electron chi connectivity index (χ1n) is 14.3. The molecular weight excluding hydrogens is 472 g/mol. The van der Waals surface area contributed by atoms with E-state index in [-0.39, 0.29) is 52.7 Å². The third-order valence-corrected chi connectivity index (χ3v) is 9.50. The number of benzene rings is 2. The lowest BCUT2D eigenvalue weighted by molar-refractivity contribution is -0.155. The average Bonchev–Trinajstić information content (AvgIpc) is 3.14. The molecule has 6 nitrogen and oxygen atoms in total. The molecular formula is C32H42N4O2. The molecule has 5 atom stereocenters. The molecule has 0 unspecified atom stereocenters. The van der Waals surface area contributed by atoms with Crippen molar-refractivity contribution >= 4 is 11.8 Å². The fraction of sp³-hybridized carbons (Fsp3) is 0.562. The van der Waals surface area contributed by atoms with Crippen LogP contribution in [-0.2, 0) is 22.6 Å². The summed E-state index contributed by atoms with van der Waals surface area (Å²) in [6, 6.07) is 21.1. The highest BCUT2D eigenvalue weighted by Crippen LogP contribution is 2.53. The maximum absolute atomic E-state index is 14.4. The molecule has 5 aliphatic rings. The maximum atomic E-state index is 14.4. The molecule has 6 heteroatoms. The van der Waals surface area contributed by atoms with Crippen molar-refractivity contribution < 1.29 is 9.59 Å². The molecule has 0 aromatic heterocycles. The molecule has 0 spiro atoms. The Morgan fingerprint density at radius 3 is 2.16 bits per heavy atom. The van der Waals surface area contributed by atoms with E-state index in [0.29, 0.717) is 6.42 Å². The number of rotatable bonds is 6. The summed E-state index contributed by atoms with van der Waals surface area (Å²) in [7, 11) is 0. The monoisotopic (exact) mass is 514 g/mol. The molecule has 2 aromatic carbocycles. The van der Waals surface area contributed by atoms with Gasteiger partial charge >= 0.3 is 0 Å². The summed E-state index contributed by atoms with van der Waals surface area (Å²) in [5.74, 6) is 0.236. The number of likely N-dealkylation sites (tertiary alicyclic amines) is 1. The molecule has 4 aliphatic heterocycles. The van der Waals surface area contributed by atoms with Crippen LogP contribution in [0.25, 0.3) is 0 Å². The Balaban J connectivity index is 1.34. The summed E-state index contributed by atoms with van der Waals surface area (Å²) >= 11 is 0. The Morgan fingerprint density at radius 2 is 1.53 bits per heavy atom. The highest BCUT2D eigenvalue weighted by Gasteiger charge is 2.68. The number of piperidine rings is 3. The van der Waals surface area contributed by atoms with Gasteiger partial charge in [-0.05, 0) is 70.4 Å². The minimum Gasteiger partial charge on any atom is -0.351 e. The number of amides is 2. The Morgan fingerprint density at radius 1 is 0.921 bits per heavy atom. The fourth-order valence-electron chi connectivity index (χ4n) is 8.62. The van der Waals surface area contributed by atoms with Gasteiger partial charge in [0, 0.05) is 42.2 Å². The molecule has 3 N–H and O–H groups in total. The van der Waals surface area contributed by atoms with Gasteiger partial charge in [0.25, 0.3) is 0 Å². The van der Waals surface area contributed by atoms with Crippen LogP contribution in [0.3, 0.4) is 0 Å². The Labute approximate surface area is 226 Å². The van der Waals surface area contributed by atoms with Crippen LogP contribution in [0, 0.1) is 17.8 Å². The first kappa shape index (κ1) is 25.6. The molecule has 2 aromatic rings. The summed E-state index contributed by atoms with van der Waals surface area (Å²) in [4.78, 5) is 30.5. The molecule has 4 saturated heterocycles. The maximum Gasteiger partial charge on any atom is 0.246 e. The van der Waals surface area contributed by atoms with E-state index in [1.165, 1.54) is 11.1 Å². The fourth-order valence-corrected chi connectivity index (χ4v) is 8.62. The number of carbonyl (C=O) groups is 2. The summed E-state index contributed by atoms with van der Waals surface area (Å²) in [5.41, 5.74) is 1.45. The molecule has 4 bridgehead atoms. The number of nitrogens with zero attached hydrogens (tertiary/aromatic N) is 1. The van der Waals surface area contributed by atoms with E-state index < -0.39 is 5.54 Å². The number of fused-ring (bicyclic) bond motifs is 1. The highest BCUT2D eigenvalue weighted by atomic mass is 16.2. The highest BCUT2D eigenvalue weighted by molar-refractivity contribution is 5.96. The average molecular weight is 515 g/mol. The topological polar surface area (TPSA) is 73.5 Å². The van der Waals surface area contributed by atoms with Crippen molar-refractivity contribution in [3.63, 3.8) is 0 Å². The standard InChI is InChI=1S/C32H42N4O2/c1-30(2)17-24(18-31(3,4)35-30)33-29(38)32-16-23-20-36(19-22-13-9-6-10-14-22)27(26(23)28(37)34-32)25(32)15-21-11-7-5-8-12-21/h5-14,23-27,35H,15-20H2,1-4H3,(H,33,38)(H,34,37)/t23-,25-,26-,27-,32+/m1/s1. The SMILES string of the molecule is CC1(C)CC(NC(=O)[C@@]23C[C@@H]4CN(Cc5ccccc5)[C@@H]([C@@H]4C(=O)N2)[C@H]3Cc2ccccc2)CC(C)(C)N1. The minimum atomic E-state index is -0.887. The first-order chi connectivity index (χ1) is 18.1. The molecule has 202 valence electrons. The van der Waals surface area contributed by atoms with Gasteiger partial charge in [0.1, 0.15) is 5.54 Å². The molecule has 2 amide bonds. The van der Waals surface area contributed by atoms with Gasteiger partial charge in [0.15, 0.2) is 0 Å².